The normalized spacial score (nSPS) is 13.8. The lowest BCUT2D eigenvalue weighted by atomic mass is 10.1. The maximum atomic E-state index is 15.6. The second-order valence-electron chi connectivity index (χ2n) is 10.5. The Hall–Kier alpha value is -2.27. The molecule has 1 radical (unpaired) electrons. The molecule has 1 unspecified atom stereocenters. The van der Waals surface area contributed by atoms with Crippen LogP contribution in [0.1, 0.15) is 46.6 Å². The van der Waals surface area contributed by atoms with Crippen molar-refractivity contribution < 1.29 is 30.8 Å². The number of halogens is 6. The van der Waals surface area contributed by atoms with Gasteiger partial charge in [0.15, 0.2) is 29.0 Å². The highest BCUT2D eigenvalue weighted by Crippen LogP contribution is 2.41. The average molecular weight is 570 g/mol. The van der Waals surface area contributed by atoms with Crippen LogP contribution in [0.3, 0.4) is 0 Å². The Labute approximate surface area is 223 Å². The van der Waals surface area contributed by atoms with E-state index >= 15 is 13.2 Å². The summed E-state index contributed by atoms with van der Waals surface area (Å²) < 4.78 is 94.7. The van der Waals surface area contributed by atoms with Gasteiger partial charge in [0, 0.05) is 6.04 Å². The third kappa shape index (κ3) is 5.83. The van der Waals surface area contributed by atoms with Crippen LogP contribution >= 0.6 is 0 Å². The Morgan fingerprint density at radius 1 is 0.737 bits per heavy atom. The predicted molar refractivity (Wildman–Crippen MR) is 146 cm³/mol. The van der Waals surface area contributed by atoms with Crippen molar-refractivity contribution in [2.24, 2.45) is 0 Å². The molecule has 0 aliphatic rings. The topological polar surface area (TPSA) is 9.23 Å². The van der Waals surface area contributed by atoms with E-state index in [4.69, 9.17) is 4.43 Å². The van der Waals surface area contributed by atoms with Crippen molar-refractivity contribution in [1.82, 2.24) is 0 Å². The quantitative estimate of drug-likeness (QED) is 0.120. The molecule has 0 bridgehead atoms. The number of hydrogen-bond donors (Lipinski definition) is 0. The molecule has 3 aromatic carbocycles. The molecule has 0 heterocycles. The first kappa shape index (κ1) is 30.3. The fourth-order valence-electron chi connectivity index (χ4n) is 5.44. The van der Waals surface area contributed by atoms with E-state index < -0.39 is 67.8 Å². The van der Waals surface area contributed by atoms with Crippen LogP contribution in [0.2, 0.25) is 35.8 Å². The summed E-state index contributed by atoms with van der Waals surface area (Å²) in [4.78, 5) is 0. The standard InChI is InChI=1S/C29H35F6OSi2/c1-6-37(7-2,8-3)15-12-16-38(19(4)5,18-20-13-10-9-11-14-20)36-29-27(34)23-21(30)17-22(31)25(32)24(23)26(33)28(29)35/h9-11,13-14,19H,6-8,12,15-16,18H2,1-5H3. The van der Waals surface area contributed by atoms with Crippen LogP contribution in [0.15, 0.2) is 30.3 Å². The Kier molecular flexibility index (Phi) is 9.78. The number of hydrogen-bond acceptors (Lipinski definition) is 1. The van der Waals surface area contributed by atoms with Crippen LogP contribution in [-0.4, -0.2) is 16.4 Å². The fourth-order valence-corrected chi connectivity index (χ4v) is 13.1. The Morgan fingerprint density at radius 3 is 1.89 bits per heavy atom. The van der Waals surface area contributed by atoms with E-state index in [9.17, 15) is 13.2 Å². The third-order valence-electron chi connectivity index (χ3n) is 8.39. The van der Waals surface area contributed by atoms with Gasteiger partial charge in [-0.1, -0.05) is 95.5 Å². The highest BCUT2D eigenvalue weighted by molar-refractivity contribution is 6.80. The van der Waals surface area contributed by atoms with Gasteiger partial charge in [-0.2, -0.15) is 4.39 Å². The van der Waals surface area contributed by atoms with Gasteiger partial charge in [0.2, 0.25) is 5.82 Å². The fraction of sp³-hybridized carbons (Fsp3) is 0.448. The molecule has 3 rings (SSSR count). The Bertz CT molecular complexity index is 1260. The van der Waals surface area contributed by atoms with Gasteiger partial charge in [-0.25, -0.2) is 22.0 Å². The summed E-state index contributed by atoms with van der Waals surface area (Å²) in [5, 5.41) is -2.64. The van der Waals surface area contributed by atoms with E-state index in [1.165, 1.54) is 6.07 Å². The monoisotopic (exact) mass is 569 g/mol. The van der Waals surface area contributed by atoms with Crippen LogP contribution in [0, 0.1) is 41.0 Å². The largest absolute Gasteiger partial charge is 0.539 e. The van der Waals surface area contributed by atoms with Crippen LogP contribution in [0.5, 0.6) is 5.75 Å². The first-order chi connectivity index (χ1) is 18.0. The molecule has 0 aromatic heterocycles. The molecule has 0 aliphatic carbocycles. The van der Waals surface area contributed by atoms with Gasteiger partial charge in [-0.3, -0.25) is 0 Å². The summed E-state index contributed by atoms with van der Waals surface area (Å²) >= 11 is 0. The van der Waals surface area contributed by atoms with Gasteiger partial charge >= 0.3 is 0 Å². The lowest BCUT2D eigenvalue weighted by molar-refractivity contribution is 0.406. The maximum Gasteiger partial charge on any atom is 0.258 e. The average Bonchev–Trinajstić information content (AvgIpc) is 2.90. The van der Waals surface area contributed by atoms with E-state index in [0.29, 0.717) is 12.1 Å². The molecule has 0 N–H and O–H groups in total. The molecule has 0 aliphatic heterocycles. The van der Waals surface area contributed by atoms with Gasteiger partial charge in [-0.05, 0) is 17.1 Å². The zero-order chi connectivity index (χ0) is 28.3. The summed E-state index contributed by atoms with van der Waals surface area (Å²) in [6.07, 6.45) is 0.792. The third-order valence-corrected chi connectivity index (χ3v) is 19.2. The molecule has 1 nitrogen and oxygen atoms in total. The zero-order valence-corrected chi connectivity index (χ0v) is 24.6. The highest BCUT2D eigenvalue weighted by Gasteiger charge is 2.43. The summed E-state index contributed by atoms with van der Waals surface area (Å²) in [5.74, 6) is -11.7. The van der Waals surface area contributed by atoms with Crippen LogP contribution < -0.4 is 4.43 Å². The van der Waals surface area contributed by atoms with E-state index in [1.54, 1.807) is 0 Å². The molecule has 0 saturated heterocycles. The lowest BCUT2D eigenvalue weighted by Gasteiger charge is -2.37. The van der Waals surface area contributed by atoms with Crippen LogP contribution in [0.4, 0.5) is 26.3 Å². The molecule has 38 heavy (non-hydrogen) atoms. The van der Waals surface area contributed by atoms with Crippen molar-refractivity contribution in [1.29, 1.82) is 0 Å². The predicted octanol–water partition coefficient (Wildman–Crippen LogP) is 9.89. The van der Waals surface area contributed by atoms with Gasteiger partial charge in [-0.15, -0.1) is 0 Å². The van der Waals surface area contributed by atoms with Crippen molar-refractivity contribution in [3.8, 4) is 5.75 Å². The van der Waals surface area contributed by atoms with E-state index in [-0.39, 0.29) is 5.54 Å². The minimum absolute atomic E-state index is 0.150. The molecular formula is C29H35F6OSi2. The minimum atomic E-state index is -3.13. The lowest BCUT2D eigenvalue weighted by Crippen LogP contribution is -2.48. The van der Waals surface area contributed by atoms with Crippen molar-refractivity contribution in [3.63, 3.8) is 0 Å². The smallest absolute Gasteiger partial charge is 0.258 e. The van der Waals surface area contributed by atoms with Gasteiger partial charge in [0.1, 0.15) is 5.82 Å². The molecule has 0 saturated carbocycles. The van der Waals surface area contributed by atoms with Gasteiger partial charge < -0.3 is 4.43 Å². The van der Waals surface area contributed by atoms with Crippen molar-refractivity contribution in [2.75, 3.05) is 0 Å². The second kappa shape index (κ2) is 12.3. The molecular weight excluding hydrogens is 534 g/mol. The van der Waals surface area contributed by atoms with Crippen molar-refractivity contribution >= 4 is 27.2 Å². The molecule has 9 heteroatoms. The zero-order valence-electron chi connectivity index (χ0n) is 22.6. The summed E-state index contributed by atoms with van der Waals surface area (Å²) in [7, 11) is -4.63. The van der Waals surface area contributed by atoms with Crippen molar-refractivity contribution in [3.05, 3.63) is 76.9 Å². The Balaban J connectivity index is 2.15. The first-order valence-electron chi connectivity index (χ1n) is 13.2. The van der Waals surface area contributed by atoms with E-state index in [1.807, 2.05) is 44.2 Å². The summed E-state index contributed by atoms with van der Waals surface area (Å²) in [5.41, 5.74) is 0.759. The van der Waals surface area contributed by atoms with Gasteiger partial charge in [0.25, 0.3) is 8.32 Å². The maximum absolute atomic E-state index is 15.6. The molecule has 1 atom stereocenters. The minimum Gasteiger partial charge on any atom is -0.539 e. The number of fused-ring (bicyclic) bond motifs is 1. The summed E-state index contributed by atoms with van der Waals surface area (Å²) in [6, 6.07) is 16.2. The van der Waals surface area contributed by atoms with Crippen LogP contribution in [-0.2, 0) is 6.04 Å². The molecule has 0 fully saturated rings. The Morgan fingerprint density at radius 2 is 1.34 bits per heavy atom. The highest BCUT2D eigenvalue weighted by atomic mass is 28.4. The molecule has 3 aromatic rings. The SMILES string of the molecule is CC[Si](CC)(CC)CCC[Si](Cc1ccccc1)(Oc1c(F)c(F)c2c(F)c(F)[c]c(F)c2c1F)C(C)C. The molecule has 0 spiro atoms. The van der Waals surface area contributed by atoms with Crippen LogP contribution in [0.25, 0.3) is 10.8 Å². The van der Waals surface area contributed by atoms with Crippen molar-refractivity contribution in [2.45, 2.75) is 82.8 Å². The van der Waals surface area contributed by atoms with E-state index in [2.05, 4.69) is 20.8 Å². The number of benzene rings is 3. The molecule has 0 amide bonds. The number of rotatable bonds is 12. The first-order valence-corrected chi connectivity index (χ1v) is 18.5. The summed E-state index contributed by atoms with van der Waals surface area (Å²) in [6.45, 7) is 10.5. The van der Waals surface area contributed by atoms with E-state index in [0.717, 1.165) is 36.2 Å². The second-order valence-corrected chi connectivity index (χ2v) is 20.4. The van der Waals surface area contributed by atoms with Gasteiger partial charge in [0.05, 0.1) is 24.9 Å². The molecule has 207 valence electrons.